The number of hydrogen-bond donors (Lipinski definition) is 7. The van der Waals surface area contributed by atoms with Gasteiger partial charge in [-0.25, -0.2) is 14.4 Å². The van der Waals surface area contributed by atoms with Crippen molar-refractivity contribution in [2.45, 2.75) is 37.8 Å². The normalized spacial score (nSPS) is 12.5. The Bertz CT molecular complexity index is 510. The Kier molecular flexibility index (Phi) is 10.3. The molecule has 0 saturated carbocycles. The zero-order chi connectivity index (χ0) is 19.4. The van der Waals surface area contributed by atoms with Gasteiger partial charge in [0.05, 0.1) is 0 Å². The summed E-state index contributed by atoms with van der Waals surface area (Å²) in [7, 11) is 0. The lowest BCUT2D eigenvalue weighted by atomic mass is 10.1. The minimum absolute atomic E-state index is 0.182. The molecule has 0 aliphatic rings. The molecule has 12 nitrogen and oxygen atoms in total. The summed E-state index contributed by atoms with van der Waals surface area (Å²) in [6.07, 6.45) is -1.25. The topological polar surface area (TPSA) is 208 Å². The zero-order valence-electron chi connectivity index (χ0n) is 13.4. The number of amides is 3. The van der Waals surface area contributed by atoms with Crippen LogP contribution in [0.25, 0.3) is 0 Å². The molecule has 0 aromatic carbocycles. The third-order valence-electron chi connectivity index (χ3n) is 2.98. The first-order valence-electron chi connectivity index (χ1n) is 7.38. The lowest BCUT2D eigenvalue weighted by Gasteiger charge is -2.18. The number of carboxylic acid groups (broad SMARTS) is 3. The maximum absolute atomic E-state index is 11.7. The summed E-state index contributed by atoms with van der Waals surface area (Å²) in [6, 6.07) is -4.00. The summed E-state index contributed by atoms with van der Waals surface area (Å²) in [5.74, 6) is -4.53. The van der Waals surface area contributed by atoms with Crippen molar-refractivity contribution < 1.29 is 39.3 Å². The minimum atomic E-state index is -1.49. The Hall–Kier alpha value is -2.89. The number of hydrogen-bond acceptors (Lipinski definition) is 6. The summed E-state index contributed by atoms with van der Waals surface area (Å²) in [5, 5.41) is 33.0. The van der Waals surface area contributed by atoms with Crippen molar-refractivity contribution in [1.29, 1.82) is 0 Å². The van der Waals surface area contributed by atoms with Crippen LogP contribution >= 0.6 is 0 Å². The van der Waals surface area contributed by atoms with Crippen molar-refractivity contribution in [2.75, 3.05) is 13.1 Å². The SMILES string of the molecule is NCCNC(=O)CCC(NC(=O)NC(CCC(=O)O)C(=O)O)C(=O)O. The highest BCUT2D eigenvalue weighted by atomic mass is 16.4. The number of rotatable bonds is 12. The largest absolute Gasteiger partial charge is 0.481 e. The van der Waals surface area contributed by atoms with Gasteiger partial charge in [-0.1, -0.05) is 0 Å². The van der Waals surface area contributed by atoms with Gasteiger partial charge in [0.2, 0.25) is 5.91 Å². The highest BCUT2D eigenvalue weighted by Gasteiger charge is 2.25. The van der Waals surface area contributed by atoms with Gasteiger partial charge < -0.3 is 37.0 Å². The van der Waals surface area contributed by atoms with E-state index in [1.807, 2.05) is 10.6 Å². The Morgan fingerprint density at radius 1 is 0.840 bits per heavy atom. The van der Waals surface area contributed by atoms with E-state index >= 15 is 0 Å². The number of nitrogens with two attached hydrogens (primary N) is 1. The smallest absolute Gasteiger partial charge is 0.326 e. The fraction of sp³-hybridized carbons (Fsp3) is 0.615. The summed E-state index contributed by atoms with van der Waals surface area (Å²) in [6.45, 7) is 0.454. The number of carbonyl (C=O) groups excluding carboxylic acids is 2. The third-order valence-corrected chi connectivity index (χ3v) is 2.98. The summed E-state index contributed by atoms with van der Waals surface area (Å²) < 4.78 is 0. The number of carboxylic acids is 3. The molecule has 0 aromatic rings. The molecule has 0 aliphatic carbocycles. The second-order valence-electron chi connectivity index (χ2n) is 5.01. The molecule has 0 saturated heterocycles. The molecule has 0 aromatic heterocycles. The Balaban J connectivity index is 4.55. The first kappa shape index (κ1) is 22.1. The van der Waals surface area contributed by atoms with Crippen molar-refractivity contribution in [3.05, 3.63) is 0 Å². The summed E-state index contributed by atoms with van der Waals surface area (Å²) >= 11 is 0. The maximum Gasteiger partial charge on any atom is 0.326 e. The van der Waals surface area contributed by atoms with Crippen LogP contribution in [0.1, 0.15) is 25.7 Å². The van der Waals surface area contributed by atoms with Crippen LogP contribution in [0.2, 0.25) is 0 Å². The van der Waals surface area contributed by atoms with E-state index in [9.17, 15) is 24.0 Å². The second kappa shape index (κ2) is 11.6. The highest BCUT2D eigenvalue weighted by molar-refractivity contribution is 5.86. The van der Waals surface area contributed by atoms with E-state index in [0.29, 0.717) is 0 Å². The molecule has 0 fully saturated rings. The van der Waals surface area contributed by atoms with E-state index in [-0.39, 0.29) is 32.4 Å². The van der Waals surface area contributed by atoms with E-state index in [0.717, 1.165) is 0 Å². The van der Waals surface area contributed by atoms with Gasteiger partial charge in [0.25, 0.3) is 0 Å². The second-order valence-corrected chi connectivity index (χ2v) is 5.01. The molecule has 0 aliphatic heterocycles. The van der Waals surface area contributed by atoms with Crippen LogP contribution in [0.4, 0.5) is 4.79 Å². The monoisotopic (exact) mass is 362 g/mol. The van der Waals surface area contributed by atoms with Gasteiger partial charge in [-0.15, -0.1) is 0 Å². The van der Waals surface area contributed by atoms with Gasteiger partial charge in [0.1, 0.15) is 12.1 Å². The maximum atomic E-state index is 11.7. The minimum Gasteiger partial charge on any atom is -0.481 e. The van der Waals surface area contributed by atoms with E-state index < -0.39 is 48.4 Å². The van der Waals surface area contributed by atoms with Crippen LogP contribution in [0.5, 0.6) is 0 Å². The molecule has 12 heteroatoms. The molecule has 25 heavy (non-hydrogen) atoms. The van der Waals surface area contributed by atoms with E-state index in [1.165, 1.54) is 0 Å². The van der Waals surface area contributed by atoms with Gasteiger partial charge >= 0.3 is 23.9 Å². The van der Waals surface area contributed by atoms with Crippen LogP contribution < -0.4 is 21.7 Å². The van der Waals surface area contributed by atoms with Crippen LogP contribution in [0.3, 0.4) is 0 Å². The lowest BCUT2D eigenvalue weighted by molar-refractivity contribution is -0.141. The molecule has 8 N–H and O–H groups in total. The Morgan fingerprint density at radius 2 is 1.32 bits per heavy atom. The predicted molar refractivity (Wildman–Crippen MR) is 82.7 cm³/mol. The Labute approximate surface area is 142 Å². The van der Waals surface area contributed by atoms with Gasteiger partial charge in [-0.3, -0.25) is 9.59 Å². The Morgan fingerprint density at radius 3 is 1.72 bits per heavy atom. The summed E-state index contributed by atoms with van der Waals surface area (Å²) in [4.78, 5) is 55.7. The molecule has 0 rings (SSSR count). The zero-order valence-corrected chi connectivity index (χ0v) is 13.4. The standard InChI is InChI=1S/C13H22N4O8/c14-5-6-15-9(18)3-1-7(11(21)22)16-13(25)17-8(12(23)24)2-4-10(19)20/h7-8H,1-6,14H2,(H,15,18)(H,19,20)(H,21,22)(H,23,24)(H2,16,17,25). The molecule has 2 unspecified atom stereocenters. The molecule has 142 valence electrons. The van der Waals surface area contributed by atoms with Gasteiger partial charge in [-0.2, -0.15) is 0 Å². The number of urea groups is 1. The van der Waals surface area contributed by atoms with Crippen molar-refractivity contribution in [1.82, 2.24) is 16.0 Å². The van der Waals surface area contributed by atoms with Crippen LogP contribution in [0.15, 0.2) is 0 Å². The quantitative estimate of drug-likeness (QED) is 0.203. The van der Waals surface area contributed by atoms with E-state index in [1.54, 1.807) is 0 Å². The first-order valence-corrected chi connectivity index (χ1v) is 7.38. The highest BCUT2D eigenvalue weighted by Crippen LogP contribution is 2.01. The average molecular weight is 362 g/mol. The van der Waals surface area contributed by atoms with E-state index in [4.69, 9.17) is 21.1 Å². The van der Waals surface area contributed by atoms with Crippen molar-refractivity contribution in [2.24, 2.45) is 5.73 Å². The molecule has 3 amide bonds. The fourth-order valence-corrected chi connectivity index (χ4v) is 1.72. The number of carbonyl (C=O) groups is 5. The predicted octanol–water partition coefficient (Wildman–Crippen LogP) is -2.09. The fourth-order valence-electron chi connectivity index (χ4n) is 1.72. The summed E-state index contributed by atoms with van der Waals surface area (Å²) in [5.41, 5.74) is 5.20. The molecule has 0 spiro atoms. The van der Waals surface area contributed by atoms with Crippen LogP contribution in [-0.2, 0) is 19.2 Å². The van der Waals surface area contributed by atoms with Gasteiger partial charge in [0, 0.05) is 25.9 Å². The molecular weight excluding hydrogens is 340 g/mol. The van der Waals surface area contributed by atoms with Crippen LogP contribution in [0, 0.1) is 0 Å². The number of aliphatic carboxylic acids is 3. The van der Waals surface area contributed by atoms with Crippen molar-refractivity contribution in [3.63, 3.8) is 0 Å². The van der Waals surface area contributed by atoms with Gasteiger partial charge in [-0.05, 0) is 12.8 Å². The van der Waals surface area contributed by atoms with Crippen molar-refractivity contribution >= 4 is 29.8 Å². The third kappa shape index (κ3) is 10.5. The molecule has 2 atom stereocenters. The molecule has 0 bridgehead atoms. The van der Waals surface area contributed by atoms with Gasteiger partial charge in [0.15, 0.2) is 0 Å². The van der Waals surface area contributed by atoms with Crippen molar-refractivity contribution in [3.8, 4) is 0 Å². The average Bonchev–Trinajstić information content (AvgIpc) is 2.52. The van der Waals surface area contributed by atoms with E-state index in [2.05, 4.69) is 5.32 Å². The molecular formula is C13H22N4O8. The molecule has 0 radical (unpaired) electrons. The lowest BCUT2D eigenvalue weighted by Crippen LogP contribution is -2.51. The number of nitrogens with one attached hydrogen (secondary N) is 3. The first-order chi connectivity index (χ1) is 11.7. The molecule has 0 heterocycles. The van der Waals surface area contributed by atoms with Crippen LogP contribution in [-0.4, -0.2) is 70.3 Å².